The summed E-state index contributed by atoms with van der Waals surface area (Å²) in [6.07, 6.45) is 2.03. The van der Waals surface area contributed by atoms with Gasteiger partial charge in [0.2, 0.25) is 5.28 Å². The first-order chi connectivity index (χ1) is 8.74. The number of thiophene rings is 1. The average Bonchev–Trinajstić information content (AvgIpc) is 2.77. The number of rotatable bonds is 6. The van der Waals surface area contributed by atoms with Gasteiger partial charge in [-0.05, 0) is 30.5 Å². The molecule has 0 aromatic carbocycles. The lowest BCUT2D eigenvalue weighted by molar-refractivity contribution is 0.200. The lowest BCUT2D eigenvalue weighted by Gasteiger charge is -2.02. The van der Waals surface area contributed by atoms with Crippen molar-refractivity contribution in [3.05, 3.63) is 16.2 Å². The normalized spacial score (nSPS) is 11.3. The van der Waals surface area contributed by atoms with Gasteiger partial charge in [-0.2, -0.15) is 0 Å². The Morgan fingerprint density at radius 1 is 1.44 bits per heavy atom. The van der Waals surface area contributed by atoms with Crippen molar-refractivity contribution in [2.24, 2.45) is 0 Å². The van der Waals surface area contributed by atoms with Gasteiger partial charge in [0.05, 0.1) is 0 Å². The first-order valence-electron chi connectivity index (χ1n) is 5.82. The number of thioether (sulfide) groups is 1. The summed E-state index contributed by atoms with van der Waals surface area (Å²) >= 11 is 9.38. The predicted octanol–water partition coefficient (Wildman–Crippen LogP) is 4.04. The summed E-state index contributed by atoms with van der Waals surface area (Å²) in [6.45, 7) is 2.92. The largest absolute Gasteiger partial charge is 0.385 e. The zero-order valence-corrected chi connectivity index (χ0v) is 12.8. The van der Waals surface area contributed by atoms with Crippen molar-refractivity contribution in [2.75, 3.05) is 19.5 Å². The summed E-state index contributed by atoms with van der Waals surface area (Å²) in [5, 5.41) is 2.45. The highest BCUT2D eigenvalue weighted by atomic mass is 35.5. The molecule has 0 N–H and O–H groups in total. The van der Waals surface area contributed by atoms with E-state index in [0.29, 0.717) is 5.28 Å². The summed E-state index contributed by atoms with van der Waals surface area (Å²) in [4.78, 5) is 10.9. The summed E-state index contributed by atoms with van der Waals surface area (Å²) < 4.78 is 5.04. The Bertz CT molecular complexity index is 530. The molecule has 0 spiro atoms. The molecule has 0 bridgehead atoms. The van der Waals surface area contributed by atoms with Gasteiger partial charge >= 0.3 is 0 Å². The van der Waals surface area contributed by atoms with E-state index in [2.05, 4.69) is 23.0 Å². The number of fused-ring (bicyclic) bond motifs is 1. The van der Waals surface area contributed by atoms with Crippen LogP contribution in [0.15, 0.2) is 11.1 Å². The first-order valence-corrected chi connectivity index (χ1v) is 8.00. The van der Waals surface area contributed by atoms with Crippen molar-refractivity contribution >= 4 is 44.9 Å². The van der Waals surface area contributed by atoms with Crippen LogP contribution in [-0.2, 0) is 11.2 Å². The fourth-order valence-corrected chi connectivity index (χ4v) is 3.80. The van der Waals surface area contributed by atoms with Crippen molar-refractivity contribution in [3.8, 4) is 0 Å². The van der Waals surface area contributed by atoms with Gasteiger partial charge in [-0.25, -0.2) is 9.97 Å². The Balaban J connectivity index is 2.21. The molecule has 0 atom stereocenters. The van der Waals surface area contributed by atoms with E-state index in [9.17, 15) is 0 Å². The van der Waals surface area contributed by atoms with Crippen LogP contribution in [0.2, 0.25) is 5.28 Å². The van der Waals surface area contributed by atoms with Gasteiger partial charge in [-0.15, -0.1) is 23.1 Å². The molecule has 2 heterocycles. The van der Waals surface area contributed by atoms with Crippen LogP contribution in [0.1, 0.15) is 18.2 Å². The third-order valence-corrected chi connectivity index (χ3v) is 4.88. The molecule has 3 nitrogen and oxygen atoms in total. The zero-order chi connectivity index (χ0) is 13.0. The molecular formula is C12H15ClN2OS2. The van der Waals surface area contributed by atoms with Crippen LogP contribution in [-0.4, -0.2) is 29.4 Å². The molecule has 0 saturated carbocycles. The minimum absolute atomic E-state index is 0.334. The minimum atomic E-state index is 0.334. The topological polar surface area (TPSA) is 35.0 Å². The van der Waals surface area contributed by atoms with Gasteiger partial charge in [0.15, 0.2) is 0 Å². The highest BCUT2D eigenvalue weighted by Gasteiger charge is 2.10. The van der Waals surface area contributed by atoms with E-state index in [1.807, 2.05) is 0 Å². The van der Waals surface area contributed by atoms with E-state index < -0.39 is 0 Å². The van der Waals surface area contributed by atoms with Crippen molar-refractivity contribution in [1.82, 2.24) is 9.97 Å². The van der Waals surface area contributed by atoms with Gasteiger partial charge in [0, 0.05) is 29.7 Å². The maximum Gasteiger partial charge on any atom is 0.224 e. The number of methoxy groups -OCH3 is 1. The van der Waals surface area contributed by atoms with E-state index >= 15 is 0 Å². The van der Waals surface area contributed by atoms with Gasteiger partial charge in [-0.3, -0.25) is 0 Å². The van der Waals surface area contributed by atoms with Crippen LogP contribution in [0, 0.1) is 0 Å². The molecule has 0 radical (unpaired) electrons. The summed E-state index contributed by atoms with van der Waals surface area (Å²) in [7, 11) is 1.72. The van der Waals surface area contributed by atoms with E-state index in [1.54, 1.807) is 30.2 Å². The molecule has 0 unspecified atom stereocenters. The monoisotopic (exact) mass is 302 g/mol. The number of aromatic nitrogens is 2. The van der Waals surface area contributed by atoms with Crippen LogP contribution in [0.3, 0.4) is 0 Å². The smallest absolute Gasteiger partial charge is 0.224 e. The fourth-order valence-electron chi connectivity index (χ4n) is 1.58. The second kappa shape index (κ2) is 6.70. The summed E-state index contributed by atoms with van der Waals surface area (Å²) in [5.41, 5.74) is 0. The van der Waals surface area contributed by atoms with Crippen LogP contribution in [0.25, 0.3) is 10.2 Å². The standard InChI is InChI=1S/C12H15ClN2OS2/c1-3-8-7-9-10(17-6-4-5-16-2)14-12(13)15-11(9)18-8/h7H,3-6H2,1-2H3. The third-order valence-electron chi connectivity index (χ3n) is 2.46. The molecule has 2 rings (SSSR count). The number of ether oxygens (including phenoxy) is 1. The van der Waals surface area contributed by atoms with Crippen molar-refractivity contribution in [2.45, 2.75) is 24.8 Å². The Hall–Kier alpha value is -0.360. The van der Waals surface area contributed by atoms with Crippen LogP contribution in [0.5, 0.6) is 0 Å². The Morgan fingerprint density at radius 3 is 3.00 bits per heavy atom. The second-order valence-corrected chi connectivity index (χ2v) is 6.31. The summed E-state index contributed by atoms with van der Waals surface area (Å²) in [6, 6.07) is 2.18. The molecule has 2 aromatic heterocycles. The Labute approximate surface area is 120 Å². The fraction of sp³-hybridized carbons (Fsp3) is 0.500. The van der Waals surface area contributed by atoms with E-state index in [1.165, 1.54) is 4.88 Å². The Morgan fingerprint density at radius 2 is 2.28 bits per heavy atom. The number of hydrogen-bond donors (Lipinski definition) is 0. The molecule has 0 amide bonds. The molecule has 6 heteroatoms. The quantitative estimate of drug-likeness (QED) is 0.349. The van der Waals surface area contributed by atoms with E-state index in [4.69, 9.17) is 16.3 Å². The molecule has 0 aliphatic heterocycles. The SMILES string of the molecule is CCc1cc2c(SCCCOC)nc(Cl)nc2s1. The van der Waals surface area contributed by atoms with Crippen molar-refractivity contribution in [3.63, 3.8) is 0 Å². The zero-order valence-electron chi connectivity index (χ0n) is 10.4. The lowest BCUT2D eigenvalue weighted by Crippen LogP contribution is -1.92. The molecule has 0 aliphatic rings. The highest BCUT2D eigenvalue weighted by Crippen LogP contribution is 2.32. The molecular weight excluding hydrogens is 288 g/mol. The number of aryl methyl sites for hydroxylation is 1. The minimum Gasteiger partial charge on any atom is -0.385 e. The lowest BCUT2D eigenvalue weighted by atomic mass is 10.3. The molecule has 2 aromatic rings. The first kappa shape index (κ1) is 14.1. The highest BCUT2D eigenvalue weighted by molar-refractivity contribution is 7.99. The van der Waals surface area contributed by atoms with Crippen LogP contribution >= 0.6 is 34.7 Å². The molecule has 0 saturated heterocycles. The maximum atomic E-state index is 5.96. The molecule has 18 heavy (non-hydrogen) atoms. The van der Waals surface area contributed by atoms with Gasteiger partial charge < -0.3 is 4.74 Å². The average molecular weight is 303 g/mol. The number of halogens is 1. The second-order valence-electron chi connectivity index (χ2n) is 3.78. The van der Waals surface area contributed by atoms with E-state index in [0.717, 1.165) is 40.4 Å². The van der Waals surface area contributed by atoms with Crippen molar-refractivity contribution in [1.29, 1.82) is 0 Å². The van der Waals surface area contributed by atoms with Gasteiger partial charge in [0.25, 0.3) is 0 Å². The van der Waals surface area contributed by atoms with E-state index in [-0.39, 0.29) is 0 Å². The van der Waals surface area contributed by atoms with Gasteiger partial charge in [0.1, 0.15) is 9.86 Å². The third kappa shape index (κ3) is 3.35. The molecule has 98 valence electrons. The Kier molecular flexibility index (Phi) is 5.24. The number of hydrogen-bond acceptors (Lipinski definition) is 5. The van der Waals surface area contributed by atoms with Gasteiger partial charge in [-0.1, -0.05) is 6.92 Å². The summed E-state index contributed by atoms with van der Waals surface area (Å²) in [5.74, 6) is 0.980. The van der Waals surface area contributed by atoms with Crippen molar-refractivity contribution < 1.29 is 4.74 Å². The molecule has 0 fully saturated rings. The maximum absolute atomic E-state index is 5.96. The molecule has 0 aliphatic carbocycles. The predicted molar refractivity (Wildman–Crippen MR) is 79.0 cm³/mol. The van der Waals surface area contributed by atoms with Crippen LogP contribution < -0.4 is 0 Å². The number of nitrogens with zero attached hydrogens (tertiary/aromatic N) is 2. The van der Waals surface area contributed by atoms with Crippen LogP contribution in [0.4, 0.5) is 0 Å².